The zero-order valence-electron chi connectivity index (χ0n) is 13.7. The number of carbonyl (C=O) groups excluding carboxylic acids is 1. The number of aromatic nitrogens is 3. The molecule has 2 heterocycles. The van der Waals surface area contributed by atoms with Crippen LogP contribution in [0.3, 0.4) is 0 Å². The van der Waals surface area contributed by atoms with Crippen molar-refractivity contribution in [1.82, 2.24) is 24.6 Å². The molecule has 0 bridgehead atoms. The van der Waals surface area contributed by atoms with Crippen molar-refractivity contribution in [3.05, 3.63) is 35.9 Å². The molecular formula is C16H21ClN6O. The fraction of sp³-hybridized carbons (Fsp3) is 0.438. The molecule has 1 aliphatic rings. The maximum atomic E-state index is 12.4. The van der Waals surface area contributed by atoms with Crippen LogP contribution in [0.4, 0.5) is 5.69 Å². The third kappa shape index (κ3) is 4.11. The molecule has 1 aromatic heterocycles. The molecule has 1 fully saturated rings. The molecule has 1 amide bonds. The van der Waals surface area contributed by atoms with Crippen molar-refractivity contribution in [2.75, 3.05) is 44.6 Å². The van der Waals surface area contributed by atoms with E-state index in [4.69, 9.17) is 11.6 Å². The van der Waals surface area contributed by atoms with E-state index in [0.29, 0.717) is 17.3 Å². The molecule has 24 heavy (non-hydrogen) atoms. The van der Waals surface area contributed by atoms with Crippen LogP contribution in [0.15, 0.2) is 30.9 Å². The van der Waals surface area contributed by atoms with Crippen molar-refractivity contribution in [3.63, 3.8) is 0 Å². The van der Waals surface area contributed by atoms with Gasteiger partial charge in [-0.15, -0.1) is 0 Å². The summed E-state index contributed by atoms with van der Waals surface area (Å²) >= 11 is 6.07. The molecule has 1 aliphatic heterocycles. The minimum atomic E-state index is -0.0522. The van der Waals surface area contributed by atoms with Gasteiger partial charge in [0, 0.05) is 31.2 Å². The highest BCUT2D eigenvalue weighted by Crippen LogP contribution is 2.24. The van der Waals surface area contributed by atoms with Gasteiger partial charge in [0.2, 0.25) is 5.91 Å². The van der Waals surface area contributed by atoms with E-state index in [-0.39, 0.29) is 5.91 Å². The normalized spacial score (nSPS) is 16.2. The van der Waals surface area contributed by atoms with Crippen molar-refractivity contribution in [3.8, 4) is 5.69 Å². The smallest absolute Gasteiger partial charge is 0.238 e. The summed E-state index contributed by atoms with van der Waals surface area (Å²) in [5.74, 6) is -0.0522. The quantitative estimate of drug-likeness (QED) is 0.887. The highest BCUT2D eigenvalue weighted by atomic mass is 35.5. The highest BCUT2D eigenvalue weighted by molar-refractivity contribution is 6.31. The van der Waals surface area contributed by atoms with E-state index < -0.39 is 0 Å². The number of carbonyl (C=O) groups is 1. The number of nitrogens with one attached hydrogen (secondary N) is 1. The minimum Gasteiger partial charge on any atom is -0.323 e. The predicted octanol–water partition coefficient (Wildman–Crippen LogP) is 1.50. The number of piperazine rings is 1. The molecular weight excluding hydrogens is 328 g/mol. The number of nitrogens with zero attached hydrogens (tertiary/aromatic N) is 5. The Labute approximate surface area is 146 Å². The molecule has 8 heteroatoms. The Bertz CT molecular complexity index is 682. The Morgan fingerprint density at radius 2 is 2.00 bits per heavy atom. The van der Waals surface area contributed by atoms with Gasteiger partial charge < -0.3 is 10.2 Å². The van der Waals surface area contributed by atoms with Crippen LogP contribution in [0.25, 0.3) is 5.69 Å². The minimum absolute atomic E-state index is 0.0522. The second-order valence-electron chi connectivity index (χ2n) is 5.76. The van der Waals surface area contributed by atoms with E-state index in [1.54, 1.807) is 23.1 Å². The monoisotopic (exact) mass is 348 g/mol. The Kier molecular flexibility index (Phi) is 5.44. The molecule has 0 saturated carbocycles. The topological polar surface area (TPSA) is 66.3 Å². The zero-order chi connectivity index (χ0) is 16.9. The Morgan fingerprint density at radius 1 is 1.25 bits per heavy atom. The molecule has 0 spiro atoms. The summed E-state index contributed by atoms with van der Waals surface area (Å²) in [4.78, 5) is 20.9. The largest absolute Gasteiger partial charge is 0.323 e. The van der Waals surface area contributed by atoms with Crippen molar-refractivity contribution in [1.29, 1.82) is 0 Å². The molecule has 2 aromatic rings. The Balaban J connectivity index is 1.65. The Hall–Kier alpha value is -1.96. The van der Waals surface area contributed by atoms with Crippen LogP contribution in [0.5, 0.6) is 0 Å². The van der Waals surface area contributed by atoms with E-state index in [1.807, 2.05) is 6.07 Å². The molecule has 3 rings (SSSR count). The molecule has 7 nitrogen and oxygen atoms in total. The van der Waals surface area contributed by atoms with Crippen molar-refractivity contribution < 1.29 is 4.79 Å². The number of likely N-dealkylation sites (N-methyl/N-ethyl adjacent to an activating group) is 1. The highest BCUT2D eigenvalue weighted by Gasteiger charge is 2.18. The third-order valence-corrected chi connectivity index (χ3v) is 4.41. The van der Waals surface area contributed by atoms with Gasteiger partial charge in [0.25, 0.3) is 0 Å². The first-order valence-corrected chi connectivity index (χ1v) is 8.42. The standard InChI is InChI=1S/C16H21ClN6O/c1-2-21-5-7-22(8-6-21)10-16(24)20-14-9-13(17)3-4-15(14)23-12-18-11-19-23/h3-4,9,11-12H,2,5-8,10H2,1H3,(H,20,24). The second kappa shape index (κ2) is 7.74. The summed E-state index contributed by atoms with van der Waals surface area (Å²) in [6.45, 7) is 7.42. The molecule has 1 aromatic carbocycles. The van der Waals surface area contributed by atoms with Crippen molar-refractivity contribution in [2.24, 2.45) is 0 Å². The van der Waals surface area contributed by atoms with Gasteiger partial charge in [-0.2, -0.15) is 5.10 Å². The van der Waals surface area contributed by atoms with Gasteiger partial charge >= 0.3 is 0 Å². The lowest BCUT2D eigenvalue weighted by Gasteiger charge is -2.33. The average molecular weight is 349 g/mol. The molecule has 0 aliphatic carbocycles. The molecule has 1 N–H and O–H groups in total. The second-order valence-corrected chi connectivity index (χ2v) is 6.20. The molecule has 0 atom stereocenters. The molecule has 0 radical (unpaired) electrons. The predicted molar refractivity (Wildman–Crippen MR) is 93.6 cm³/mol. The van der Waals surface area contributed by atoms with Crippen LogP contribution in [-0.2, 0) is 4.79 Å². The number of benzene rings is 1. The van der Waals surface area contributed by atoms with Gasteiger partial charge in [-0.05, 0) is 24.7 Å². The number of rotatable bonds is 5. The third-order valence-electron chi connectivity index (χ3n) is 4.18. The van der Waals surface area contributed by atoms with Gasteiger partial charge in [-0.3, -0.25) is 9.69 Å². The summed E-state index contributed by atoms with van der Waals surface area (Å²) in [5, 5.41) is 7.62. The summed E-state index contributed by atoms with van der Waals surface area (Å²) in [7, 11) is 0. The van der Waals surface area contributed by atoms with Crippen LogP contribution in [-0.4, -0.2) is 69.7 Å². The van der Waals surface area contributed by atoms with Gasteiger partial charge in [0.1, 0.15) is 12.7 Å². The fourth-order valence-electron chi connectivity index (χ4n) is 2.80. The van der Waals surface area contributed by atoms with E-state index in [2.05, 4.69) is 32.1 Å². The van der Waals surface area contributed by atoms with Crippen LogP contribution in [0.1, 0.15) is 6.92 Å². The fourth-order valence-corrected chi connectivity index (χ4v) is 2.97. The Morgan fingerprint density at radius 3 is 2.67 bits per heavy atom. The lowest BCUT2D eigenvalue weighted by Crippen LogP contribution is -2.48. The van der Waals surface area contributed by atoms with E-state index in [0.717, 1.165) is 38.4 Å². The van der Waals surface area contributed by atoms with Crippen LogP contribution in [0.2, 0.25) is 5.02 Å². The van der Waals surface area contributed by atoms with Crippen LogP contribution >= 0.6 is 11.6 Å². The van der Waals surface area contributed by atoms with Gasteiger partial charge in [0.05, 0.1) is 17.9 Å². The SMILES string of the molecule is CCN1CCN(CC(=O)Nc2cc(Cl)ccc2-n2cncn2)CC1. The number of anilines is 1. The van der Waals surface area contributed by atoms with Crippen molar-refractivity contribution >= 4 is 23.2 Å². The maximum Gasteiger partial charge on any atom is 0.238 e. The van der Waals surface area contributed by atoms with Crippen molar-refractivity contribution in [2.45, 2.75) is 6.92 Å². The summed E-state index contributed by atoms with van der Waals surface area (Å²) in [5.41, 5.74) is 1.37. The summed E-state index contributed by atoms with van der Waals surface area (Å²) in [6, 6.07) is 5.30. The first-order chi connectivity index (χ1) is 11.7. The number of amides is 1. The van der Waals surface area contributed by atoms with E-state index >= 15 is 0 Å². The number of hydrogen-bond donors (Lipinski definition) is 1. The molecule has 1 saturated heterocycles. The van der Waals surface area contributed by atoms with Gasteiger partial charge in [-0.1, -0.05) is 18.5 Å². The molecule has 0 unspecified atom stereocenters. The lowest BCUT2D eigenvalue weighted by molar-refractivity contribution is -0.117. The summed E-state index contributed by atoms with van der Waals surface area (Å²) < 4.78 is 1.60. The average Bonchev–Trinajstić information content (AvgIpc) is 3.10. The van der Waals surface area contributed by atoms with Crippen LogP contribution in [0, 0.1) is 0 Å². The van der Waals surface area contributed by atoms with Gasteiger partial charge in [-0.25, -0.2) is 9.67 Å². The number of halogens is 1. The van der Waals surface area contributed by atoms with Crippen LogP contribution < -0.4 is 5.32 Å². The van der Waals surface area contributed by atoms with E-state index in [1.165, 1.54) is 6.33 Å². The van der Waals surface area contributed by atoms with E-state index in [9.17, 15) is 4.79 Å². The zero-order valence-corrected chi connectivity index (χ0v) is 14.4. The first-order valence-electron chi connectivity index (χ1n) is 8.05. The lowest BCUT2D eigenvalue weighted by atomic mass is 10.2. The number of hydrogen-bond acceptors (Lipinski definition) is 5. The first kappa shape index (κ1) is 16.9. The maximum absolute atomic E-state index is 12.4. The molecule has 128 valence electrons. The van der Waals surface area contributed by atoms with Gasteiger partial charge in [0.15, 0.2) is 0 Å². The summed E-state index contributed by atoms with van der Waals surface area (Å²) in [6.07, 6.45) is 3.04.